The monoisotopic (exact) mass is 491 g/mol. The maximum absolute atomic E-state index is 13.2. The summed E-state index contributed by atoms with van der Waals surface area (Å²) in [4.78, 5) is 33.1. The van der Waals surface area contributed by atoms with E-state index in [9.17, 15) is 9.59 Å². The molecule has 2 aromatic carbocycles. The largest absolute Gasteiger partial charge is 0.490 e. The summed E-state index contributed by atoms with van der Waals surface area (Å²) in [6.07, 6.45) is 1.47. The smallest absolute Gasteiger partial charge is 0.328 e. The van der Waals surface area contributed by atoms with Gasteiger partial charge in [0.2, 0.25) is 5.91 Å². The molecule has 36 heavy (non-hydrogen) atoms. The molecule has 190 valence electrons. The van der Waals surface area contributed by atoms with E-state index in [0.29, 0.717) is 18.1 Å². The van der Waals surface area contributed by atoms with Crippen molar-refractivity contribution in [1.29, 1.82) is 0 Å². The summed E-state index contributed by atoms with van der Waals surface area (Å²) in [7, 11) is 1.31. The van der Waals surface area contributed by atoms with Crippen LogP contribution in [0.3, 0.4) is 0 Å². The summed E-state index contributed by atoms with van der Waals surface area (Å²) in [6.45, 7) is 9.95. The zero-order chi connectivity index (χ0) is 26.0. The Morgan fingerprint density at radius 3 is 2.53 bits per heavy atom. The van der Waals surface area contributed by atoms with Gasteiger partial charge in [-0.05, 0) is 34.7 Å². The number of oxime groups is 1. The van der Waals surface area contributed by atoms with Crippen LogP contribution in [-0.2, 0) is 19.2 Å². The van der Waals surface area contributed by atoms with Gasteiger partial charge in [-0.25, -0.2) is 4.79 Å². The van der Waals surface area contributed by atoms with Gasteiger partial charge in [0.05, 0.1) is 19.7 Å². The molecule has 1 fully saturated rings. The molecule has 2 aliphatic rings. The van der Waals surface area contributed by atoms with E-state index in [1.807, 2.05) is 63.2 Å². The van der Waals surface area contributed by atoms with Gasteiger partial charge in [-0.1, -0.05) is 62.8 Å². The highest BCUT2D eigenvalue weighted by atomic mass is 16.6. The number of methoxy groups -OCH3 is 1. The van der Waals surface area contributed by atoms with Gasteiger partial charge in [0.25, 0.3) is 0 Å². The normalized spacial score (nSPS) is 20.5. The van der Waals surface area contributed by atoms with E-state index in [1.165, 1.54) is 12.0 Å². The number of hydrogen-bond acceptors (Lipinski definition) is 7. The number of carbonyl (C=O) groups excluding carboxylic acids is 2. The summed E-state index contributed by atoms with van der Waals surface area (Å²) in [5.74, 6) is -0.102. The Morgan fingerprint density at radius 1 is 1.17 bits per heavy atom. The van der Waals surface area contributed by atoms with Crippen LogP contribution in [0.2, 0.25) is 0 Å². The third kappa shape index (κ3) is 4.86. The lowest BCUT2D eigenvalue weighted by Gasteiger charge is -2.31. The number of hydrogen-bond donors (Lipinski definition) is 1. The highest BCUT2D eigenvalue weighted by Gasteiger charge is 2.45. The number of esters is 1. The number of ether oxygens (including phenoxy) is 2. The van der Waals surface area contributed by atoms with Crippen molar-refractivity contribution in [3.63, 3.8) is 0 Å². The first-order chi connectivity index (χ1) is 17.2. The van der Waals surface area contributed by atoms with E-state index in [0.717, 1.165) is 22.3 Å². The lowest BCUT2D eigenvalue weighted by Crippen LogP contribution is -2.53. The van der Waals surface area contributed by atoms with E-state index >= 15 is 0 Å². The van der Waals surface area contributed by atoms with Crippen LogP contribution in [0.1, 0.15) is 38.3 Å². The number of carbonyl (C=O) groups is 2. The van der Waals surface area contributed by atoms with Crippen molar-refractivity contribution in [3.05, 3.63) is 66.2 Å². The Bertz CT molecular complexity index is 1200. The first kappa shape index (κ1) is 25.4. The number of amides is 1. The molecule has 0 radical (unpaired) electrons. The van der Waals surface area contributed by atoms with E-state index < -0.39 is 29.6 Å². The average molecular weight is 492 g/mol. The van der Waals surface area contributed by atoms with Crippen LogP contribution < -0.4 is 10.5 Å². The average Bonchev–Trinajstić information content (AvgIpc) is 3.43. The van der Waals surface area contributed by atoms with Crippen molar-refractivity contribution in [2.45, 2.75) is 45.4 Å². The zero-order valence-electron chi connectivity index (χ0n) is 21.2. The van der Waals surface area contributed by atoms with Gasteiger partial charge in [0.15, 0.2) is 0 Å². The van der Waals surface area contributed by atoms with Crippen molar-refractivity contribution in [2.75, 3.05) is 20.3 Å². The molecule has 0 bridgehead atoms. The molecule has 0 spiro atoms. The quantitative estimate of drug-likeness (QED) is 0.308. The molecule has 8 heteroatoms. The third-order valence-electron chi connectivity index (χ3n) is 6.60. The van der Waals surface area contributed by atoms with Crippen molar-refractivity contribution >= 4 is 17.6 Å². The molecular weight excluding hydrogens is 458 g/mol. The molecule has 4 rings (SSSR count). The van der Waals surface area contributed by atoms with Crippen molar-refractivity contribution in [3.8, 4) is 16.9 Å². The summed E-state index contributed by atoms with van der Waals surface area (Å²) < 4.78 is 10.7. The fourth-order valence-corrected chi connectivity index (χ4v) is 4.52. The number of fused-ring (bicyclic) bond motifs is 3. The number of likely N-dealkylation sites (tertiary alicyclic amines) is 1. The fraction of sp³-hybridized carbons (Fsp3) is 0.393. The van der Waals surface area contributed by atoms with Crippen LogP contribution in [0.25, 0.3) is 11.1 Å². The molecule has 0 saturated carbocycles. The molecule has 1 amide bonds. The predicted molar refractivity (Wildman–Crippen MR) is 138 cm³/mol. The molecule has 2 aromatic rings. The number of rotatable bonds is 7. The zero-order valence-corrected chi connectivity index (χ0v) is 21.2. The minimum atomic E-state index is -0.775. The second kappa shape index (κ2) is 10.1. The van der Waals surface area contributed by atoms with Crippen molar-refractivity contribution in [1.82, 2.24) is 4.90 Å². The molecule has 8 nitrogen and oxygen atoms in total. The summed E-state index contributed by atoms with van der Waals surface area (Å²) in [5.41, 5.74) is 10.4. The Morgan fingerprint density at radius 2 is 1.86 bits per heavy atom. The second-order valence-electron chi connectivity index (χ2n) is 10.1. The minimum absolute atomic E-state index is 0.191. The van der Waals surface area contributed by atoms with E-state index in [4.69, 9.17) is 20.0 Å². The van der Waals surface area contributed by atoms with Crippen LogP contribution in [0, 0.1) is 5.41 Å². The van der Waals surface area contributed by atoms with Gasteiger partial charge >= 0.3 is 5.97 Å². The van der Waals surface area contributed by atoms with Gasteiger partial charge < -0.3 is 24.9 Å². The lowest BCUT2D eigenvalue weighted by atomic mass is 9.86. The Labute approximate surface area is 211 Å². The molecule has 1 heterocycles. The molecule has 3 atom stereocenters. The minimum Gasteiger partial charge on any atom is -0.490 e. The predicted octanol–water partition coefficient (Wildman–Crippen LogP) is 3.52. The summed E-state index contributed by atoms with van der Waals surface area (Å²) in [5, 5.41) is 4.54. The van der Waals surface area contributed by atoms with E-state index in [-0.39, 0.29) is 18.9 Å². The van der Waals surface area contributed by atoms with Crippen LogP contribution in [0.5, 0.6) is 5.75 Å². The molecule has 1 aliphatic heterocycles. The molecule has 2 N–H and O–H groups in total. The van der Waals surface area contributed by atoms with E-state index in [2.05, 4.69) is 11.7 Å². The van der Waals surface area contributed by atoms with Gasteiger partial charge in [-0.2, -0.15) is 0 Å². The van der Waals surface area contributed by atoms with Gasteiger partial charge in [0.1, 0.15) is 30.2 Å². The second-order valence-corrected chi connectivity index (χ2v) is 10.1. The third-order valence-corrected chi connectivity index (χ3v) is 6.60. The van der Waals surface area contributed by atoms with Crippen LogP contribution >= 0.6 is 0 Å². The SMILES string of the molecule is C=CCOc1ccc2c(c1)C(=NO[C@@H]1C[C@@H](C(=O)OC)N(C(=O)[C@@H](N)C(C)(C)C)C1)c1ccccc1-2. The van der Waals surface area contributed by atoms with Crippen molar-refractivity contribution in [2.24, 2.45) is 16.3 Å². The van der Waals surface area contributed by atoms with Gasteiger partial charge in [-0.15, -0.1) is 0 Å². The van der Waals surface area contributed by atoms with Crippen molar-refractivity contribution < 1.29 is 23.9 Å². The topological polar surface area (TPSA) is 103 Å². The number of nitrogens with zero attached hydrogens (tertiary/aromatic N) is 2. The molecule has 0 aromatic heterocycles. The molecule has 1 saturated heterocycles. The Kier molecular flexibility index (Phi) is 7.17. The van der Waals surface area contributed by atoms with E-state index in [1.54, 1.807) is 6.08 Å². The first-order valence-corrected chi connectivity index (χ1v) is 12.0. The Balaban J connectivity index is 1.61. The van der Waals surface area contributed by atoms with Gasteiger partial charge in [0, 0.05) is 17.5 Å². The van der Waals surface area contributed by atoms with Crippen LogP contribution in [0.4, 0.5) is 0 Å². The summed E-state index contributed by atoms with van der Waals surface area (Å²) >= 11 is 0. The molecular formula is C28H33N3O5. The fourth-order valence-electron chi connectivity index (χ4n) is 4.52. The number of nitrogens with two attached hydrogens (primary N) is 1. The van der Waals surface area contributed by atoms with Crippen LogP contribution in [-0.4, -0.2) is 60.9 Å². The molecule has 1 aliphatic carbocycles. The molecule has 0 unspecified atom stereocenters. The highest BCUT2D eigenvalue weighted by molar-refractivity contribution is 6.24. The van der Waals surface area contributed by atoms with Gasteiger partial charge in [-0.3, -0.25) is 4.79 Å². The number of benzene rings is 2. The van der Waals surface area contributed by atoms with Crippen LogP contribution in [0.15, 0.2) is 60.3 Å². The maximum atomic E-state index is 13.2. The Hall–Kier alpha value is -3.65. The standard InChI is InChI=1S/C28H33N3O5/c1-6-13-35-17-11-12-20-19-9-7-8-10-21(19)24(22(20)14-17)30-36-18-15-23(27(33)34-5)31(16-18)26(32)25(29)28(2,3)4/h6-12,14,18,23,25H,1,13,15-16,29H2,2-5H3/t18-,23+,25-/m1/s1. The maximum Gasteiger partial charge on any atom is 0.328 e. The first-order valence-electron chi connectivity index (χ1n) is 12.0. The summed E-state index contributed by atoms with van der Waals surface area (Å²) in [6, 6.07) is 12.3. The highest BCUT2D eigenvalue weighted by Crippen LogP contribution is 2.39. The lowest BCUT2D eigenvalue weighted by molar-refractivity contribution is -0.152.